The maximum Gasteiger partial charge on any atom is 0.332 e. The highest BCUT2D eigenvalue weighted by Gasteiger charge is 2.29. The number of methoxy groups -OCH3 is 3. The normalized spacial score (nSPS) is 13.6. The topological polar surface area (TPSA) is 115 Å². The van der Waals surface area contributed by atoms with Crippen LogP contribution in [0.3, 0.4) is 0 Å². The van der Waals surface area contributed by atoms with Gasteiger partial charge in [0, 0.05) is 32.8 Å². The number of carboxylic acids is 1. The fourth-order valence-electron chi connectivity index (χ4n) is 2.73. The zero-order valence-corrected chi connectivity index (χ0v) is 14.4. The largest absolute Gasteiger partial charge is 0.507 e. The first-order valence-corrected chi connectivity index (χ1v) is 7.46. The summed E-state index contributed by atoms with van der Waals surface area (Å²) in [5, 5.41) is 19.3. The number of aromatic hydroxyl groups is 1. The molecule has 0 radical (unpaired) electrons. The van der Waals surface area contributed by atoms with Gasteiger partial charge in [-0.1, -0.05) is 0 Å². The molecule has 0 saturated heterocycles. The number of hydrogen-bond donors (Lipinski definition) is 2. The third-order valence-corrected chi connectivity index (χ3v) is 3.92. The molecule has 0 aliphatic heterocycles. The lowest BCUT2D eigenvalue weighted by molar-refractivity contribution is -0.150. The van der Waals surface area contributed by atoms with Gasteiger partial charge in [0.25, 0.3) is 0 Å². The first-order valence-electron chi connectivity index (χ1n) is 7.46. The van der Waals surface area contributed by atoms with Crippen molar-refractivity contribution in [1.29, 1.82) is 0 Å². The Kier molecular flexibility index (Phi) is 5.66. The van der Waals surface area contributed by atoms with Crippen molar-refractivity contribution in [2.24, 2.45) is 0 Å². The number of hydrogen-bond acceptors (Lipinski definition) is 7. The van der Waals surface area contributed by atoms with Crippen molar-refractivity contribution in [3.8, 4) is 11.5 Å². The van der Waals surface area contributed by atoms with Crippen molar-refractivity contribution in [2.45, 2.75) is 25.6 Å². The van der Waals surface area contributed by atoms with Gasteiger partial charge in [-0.2, -0.15) is 0 Å². The Bertz CT molecular complexity index is 839. The lowest BCUT2D eigenvalue weighted by Crippen LogP contribution is -2.25. The summed E-state index contributed by atoms with van der Waals surface area (Å²) in [5.41, 5.74) is 0.00683. The standard InChI is InChI=1S/C17H20O8/c1-8-5-9(18)14-10(19)6-11(22-2)15(16(14)25-8)12(23-3)7-13(24-4)17(20)21/h5-6,12-13,19H,7H2,1-4H3,(H,20,21)/t12-,13+/m0/s1. The molecular weight excluding hydrogens is 332 g/mol. The summed E-state index contributed by atoms with van der Waals surface area (Å²) in [5.74, 6) is -0.890. The molecule has 0 amide bonds. The smallest absolute Gasteiger partial charge is 0.332 e. The van der Waals surface area contributed by atoms with Crippen molar-refractivity contribution in [2.75, 3.05) is 21.3 Å². The Morgan fingerprint density at radius 2 is 1.92 bits per heavy atom. The molecule has 136 valence electrons. The zero-order chi connectivity index (χ0) is 18.7. The molecular formula is C17H20O8. The number of carbonyl (C=O) groups is 1. The molecule has 2 N–H and O–H groups in total. The lowest BCUT2D eigenvalue weighted by Gasteiger charge is -2.22. The van der Waals surface area contributed by atoms with Gasteiger partial charge >= 0.3 is 5.97 Å². The van der Waals surface area contributed by atoms with Crippen LogP contribution in [-0.2, 0) is 14.3 Å². The molecule has 2 aromatic rings. The van der Waals surface area contributed by atoms with E-state index in [1.54, 1.807) is 6.92 Å². The van der Waals surface area contributed by atoms with Gasteiger partial charge in [0.15, 0.2) is 17.1 Å². The van der Waals surface area contributed by atoms with Crippen LogP contribution in [0, 0.1) is 6.92 Å². The minimum atomic E-state index is -1.15. The Hall–Kier alpha value is -2.58. The molecule has 8 heteroatoms. The molecule has 0 spiro atoms. The molecule has 0 saturated carbocycles. The highest BCUT2D eigenvalue weighted by Crippen LogP contribution is 2.40. The van der Waals surface area contributed by atoms with E-state index >= 15 is 0 Å². The number of ether oxygens (including phenoxy) is 3. The number of phenolic OH excluding ortho intramolecular Hbond substituents is 1. The molecule has 0 fully saturated rings. The van der Waals surface area contributed by atoms with Gasteiger partial charge in [-0.15, -0.1) is 0 Å². The minimum absolute atomic E-state index is 0.0206. The van der Waals surface area contributed by atoms with E-state index in [4.69, 9.17) is 18.6 Å². The number of aryl methyl sites for hydroxylation is 1. The number of phenols is 1. The van der Waals surface area contributed by atoms with Gasteiger partial charge < -0.3 is 28.8 Å². The van der Waals surface area contributed by atoms with Gasteiger partial charge in [-0.3, -0.25) is 4.79 Å². The summed E-state index contributed by atoms with van der Waals surface area (Å²) in [4.78, 5) is 23.5. The summed E-state index contributed by atoms with van der Waals surface area (Å²) in [7, 11) is 4.06. The molecule has 0 bridgehead atoms. The second kappa shape index (κ2) is 7.54. The van der Waals surface area contributed by atoms with Gasteiger partial charge in [-0.05, 0) is 6.92 Å². The van der Waals surface area contributed by atoms with Gasteiger partial charge in [0.05, 0.1) is 18.8 Å². The predicted octanol–water partition coefficient (Wildman–Crippen LogP) is 1.99. The summed E-state index contributed by atoms with van der Waals surface area (Å²) >= 11 is 0. The molecule has 0 aliphatic carbocycles. The molecule has 1 aromatic carbocycles. The van der Waals surface area contributed by atoms with E-state index in [0.717, 1.165) is 0 Å². The monoisotopic (exact) mass is 352 g/mol. The molecule has 25 heavy (non-hydrogen) atoms. The van der Waals surface area contributed by atoms with Crippen molar-refractivity contribution >= 4 is 16.9 Å². The Morgan fingerprint density at radius 3 is 2.44 bits per heavy atom. The van der Waals surface area contributed by atoms with Crippen molar-refractivity contribution < 1.29 is 33.6 Å². The van der Waals surface area contributed by atoms with E-state index in [2.05, 4.69) is 0 Å². The SMILES string of the molecule is COc1cc(O)c2c(=O)cc(C)oc2c1[C@H](C[C@@H](OC)C(=O)O)OC. The van der Waals surface area contributed by atoms with E-state index in [0.29, 0.717) is 11.3 Å². The van der Waals surface area contributed by atoms with Crippen LogP contribution in [0.4, 0.5) is 0 Å². The first kappa shape index (κ1) is 18.8. The van der Waals surface area contributed by atoms with E-state index in [1.807, 2.05) is 0 Å². The Balaban J connectivity index is 2.74. The average Bonchev–Trinajstić information content (AvgIpc) is 2.55. The minimum Gasteiger partial charge on any atom is -0.507 e. The van der Waals surface area contributed by atoms with Crippen molar-refractivity contribution in [1.82, 2.24) is 0 Å². The second-order valence-electron chi connectivity index (χ2n) is 5.46. The number of fused-ring (bicyclic) bond motifs is 1. The van der Waals surface area contributed by atoms with Crippen LogP contribution in [0.5, 0.6) is 11.5 Å². The highest BCUT2D eigenvalue weighted by atomic mass is 16.5. The quantitative estimate of drug-likeness (QED) is 0.777. The molecule has 2 rings (SSSR count). The van der Waals surface area contributed by atoms with Gasteiger partial charge in [0.2, 0.25) is 0 Å². The van der Waals surface area contributed by atoms with Crippen LogP contribution in [-0.4, -0.2) is 43.6 Å². The first-order chi connectivity index (χ1) is 11.8. The summed E-state index contributed by atoms with van der Waals surface area (Å²) < 4.78 is 21.3. The molecule has 0 aliphatic rings. The van der Waals surface area contributed by atoms with Crippen molar-refractivity contribution in [3.63, 3.8) is 0 Å². The van der Waals surface area contributed by atoms with E-state index in [1.165, 1.54) is 33.5 Å². The molecule has 8 nitrogen and oxygen atoms in total. The summed E-state index contributed by atoms with van der Waals surface area (Å²) in [6.45, 7) is 1.60. The molecule has 2 atom stereocenters. The maximum atomic E-state index is 12.2. The van der Waals surface area contributed by atoms with Crippen LogP contribution in [0.1, 0.15) is 23.8 Å². The number of aliphatic carboxylic acids is 1. The van der Waals surface area contributed by atoms with Crippen LogP contribution in [0.2, 0.25) is 0 Å². The zero-order valence-electron chi connectivity index (χ0n) is 14.4. The van der Waals surface area contributed by atoms with Crippen molar-refractivity contribution in [3.05, 3.63) is 33.7 Å². The highest BCUT2D eigenvalue weighted by molar-refractivity contribution is 5.88. The van der Waals surface area contributed by atoms with Crippen LogP contribution < -0.4 is 10.2 Å². The fourth-order valence-corrected chi connectivity index (χ4v) is 2.73. The molecule has 0 unspecified atom stereocenters. The van der Waals surface area contributed by atoms with Crippen LogP contribution >= 0.6 is 0 Å². The van der Waals surface area contributed by atoms with E-state index in [9.17, 15) is 19.8 Å². The third kappa shape index (κ3) is 3.59. The summed E-state index contributed by atoms with van der Waals surface area (Å²) in [6.07, 6.45) is -1.98. The Labute approximate surface area is 143 Å². The Morgan fingerprint density at radius 1 is 1.24 bits per heavy atom. The van der Waals surface area contributed by atoms with Gasteiger partial charge in [-0.25, -0.2) is 4.79 Å². The van der Waals surface area contributed by atoms with Crippen LogP contribution in [0.15, 0.2) is 21.3 Å². The molecule has 1 aromatic heterocycles. The number of rotatable bonds is 7. The number of carboxylic acid groups (broad SMARTS) is 1. The van der Waals surface area contributed by atoms with Gasteiger partial charge in [0.1, 0.15) is 22.6 Å². The number of benzene rings is 1. The maximum absolute atomic E-state index is 12.2. The predicted molar refractivity (Wildman–Crippen MR) is 88.2 cm³/mol. The lowest BCUT2D eigenvalue weighted by atomic mass is 9.98. The molecule has 1 heterocycles. The summed E-state index contributed by atoms with van der Waals surface area (Å²) in [6, 6.07) is 2.54. The average molecular weight is 352 g/mol. The van der Waals surface area contributed by atoms with Crippen LogP contribution in [0.25, 0.3) is 11.0 Å². The van der Waals surface area contributed by atoms with E-state index in [-0.39, 0.29) is 28.9 Å². The third-order valence-electron chi connectivity index (χ3n) is 3.92. The van der Waals surface area contributed by atoms with E-state index < -0.39 is 23.6 Å². The second-order valence-corrected chi connectivity index (χ2v) is 5.46. The fraction of sp³-hybridized carbons (Fsp3) is 0.412.